The van der Waals surface area contributed by atoms with E-state index in [1.165, 1.54) is 0 Å². The van der Waals surface area contributed by atoms with Crippen molar-refractivity contribution in [3.8, 4) is 11.3 Å². The first kappa shape index (κ1) is 21.3. The quantitative estimate of drug-likeness (QED) is 0.696. The van der Waals surface area contributed by atoms with Crippen LogP contribution in [-0.4, -0.2) is 61.3 Å². The lowest BCUT2D eigenvalue weighted by atomic mass is 10.1. The van der Waals surface area contributed by atoms with Gasteiger partial charge in [0.2, 0.25) is 0 Å². The van der Waals surface area contributed by atoms with E-state index in [1.807, 2.05) is 11.0 Å². The van der Waals surface area contributed by atoms with Gasteiger partial charge in [0.25, 0.3) is 0 Å². The van der Waals surface area contributed by atoms with Crippen LogP contribution < -0.4 is 4.90 Å². The fourth-order valence-corrected chi connectivity index (χ4v) is 3.50. The molecule has 1 saturated heterocycles. The van der Waals surface area contributed by atoms with Crippen LogP contribution in [0.1, 0.15) is 24.2 Å². The maximum Gasteiger partial charge on any atom is 0.409 e. The van der Waals surface area contributed by atoms with E-state index in [0.717, 1.165) is 11.3 Å². The first-order valence-corrected chi connectivity index (χ1v) is 10.2. The van der Waals surface area contributed by atoms with E-state index in [-0.39, 0.29) is 12.7 Å². The molecule has 2 heterocycles. The van der Waals surface area contributed by atoms with Gasteiger partial charge in [-0.05, 0) is 37.6 Å². The Morgan fingerprint density at radius 3 is 2.31 bits per heavy atom. The van der Waals surface area contributed by atoms with E-state index in [1.54, 1.807) is 36.9 Å². The van der Waals surface area contributed by atoms with Gasteiger partial charge < -0.3 is 24.3 Å². The van der Waals surface area contributed by atoms with Crippen LogP contribution in [0.5, 0.6) is 0 Å². The van der Waals surface area contributed by atoms with Crippen molar-refractivity contribution in [1.82, 2.24) is 9.88 Å². The van der Waals surface area contributed by atoms with Gasteiger partial charge in [0.15, 0.2) is 0 Å². The molecule has 0 spiro atoms. The van der Waals surface area contributed by atoms with Crippen molar-refractivity contribution in [2.24, 2.45) is 0 Å². The Balaban J connectivity index is 1.87. The number of esters is 1. The molecule has 9 heteroatoms. The molecule has 7 nitrogen and oxygen atoms in total. The van der Waals surface area contributed by atoms with Gasteiger partial charge in [-0.2, -0.15) is 0 Å². The molecule has 0 bridgehead atoms. The Hall–Kier alpha value is -2.38. The summed E-state index contributed by atoms with van der Waals surface area (Å²) in [6.45, 7) is 6.30. The second-order valence-corrected chi connectivity index (χ2v) is 7.28. The van der Waals surface area contributed by atoms with Gasteiger partial charge in [-0.15, -0.1) is 0 Å². The topological polar surface area (TPSA) is 74.9 Å². The molecule has 156 valence electrons. The largest absolute Gasteiger partial charge is 0.462 e. The van der Waals surface area contributed by atoms with Crippen LogP contribution in [0.4, 0.5) is 10.6 Å². The van der Waals surface area contributed by atoms with Gasteiger partial charge in [-0.1, -0.05) is 29.3 Å². The highest BCUT2D eigenvalue weighted by molar-refractivity contribution is 6.42. The molecule has 0 aliphatic carbocycles. The lowest BCUT2D eigenvalue weighted by Crippen LogP contribution is -2.49. The van der Waals surface area contributed by atoms with E-state index in [2.05, 4.69) is 4.98 Å². The Labute approximate surface area is 179 Å². The fourth-order valence-electron chi connectivity index (χ4n) is 3.20. The highest BCUT2D eigenvalue weighted by Crippen LogP contribution is 2.32. The molecule has 29 heavy (non-hydrogen) atoms. The molecule has 2 aromatic rings. The zero-order chi connectivity index (χ0) is 21.0. The third-order valence-corrected chi connectivity index (χ3v) is 5.38. The maximum absolute atomic E-state index is 12.5. The van der Waals surface area contributed by atoms with Crippen LogP contribution in [0.25, 0.3) is 11.3 Å². The zero-order valence-corrected chi connectivity index (χ0v) is 17.8. The number of benzene rings is 1. The van der Waals surface area contributed by atoms with Crippen LogP contribution in [-0.2, 0) is 9.47 Å². The van der Waals surface area contributed by atoms with Crippen molar-refractivity contribution in [2.75, 3.05) is 44.3 Å². The molecule has 0 radical (unpaired) electrons. The number of anilines is 1. The summed E-state index contributed by atoms with van der Waals surface area (Å²) in [5.74, 6) is 0.255. The Morgan fingerprint density at radius 2 is 1.69 bits per heavy atom. The maximum atomic E-state index is 12.5. The molecule has 1 fully saturated rings. The molecule has 1 aliphatic heterocycles. The summed E-state index contributed by atoms with van der Waals surface area (Å²) in [7, 11) is 0. The lowest BCUT2D eigenvalue weighted by molar-refractivity contribution is 0.0526. The Morgan fingerprint density at radius 1 is 1.00 bits per heavy atom. The van der Waals surface area contributed by atoms with Crippen molar-refractivity contribution in [2.45, 2.75) is 13.8 Å². The third kappa shape index (κ3) is 4.79. The number of aromatic nitrogens is 1. The van der Waals surface area contributed by atoms with Crippen molar-refractivity contribution >= 4 is 41.1 Å². The zero-order valence-electron chi connectivity index (χ0n) is 16.3. The van der Waals surface area contributed by atoms with Gasteiger partial charge in [-0.3, -0.25) is 0 Å². The monoisotopic (exact) mass is 439 g/mol. The van der Waals surface area contributed by atoms with Crippen LogP contribution >= 0.6 is 23.2 Å². The summed E-state index contributed by atoms with van der Waals surface area (Å²) in [5, 5.41) is 0.893. The van der Waals surface area contributed by atoms with Gasteiger partial charge in [-0.25, -0.2) is 9.59 Å². The number of nitrogens with one attached hydrogen (secondary N) is 1. The van der Waals surface area contributed by atoms with E-state index < -0.39 is 5.97 Å². The second kappa shape index (κ2) is 9.41. The number of carbonyl (C=O) groups is 2. The number of ether oxygens (including phenoxy) is 2. The van der Waals surface area contributed by atoms with Gasteiger partial charge in [0, 0.05) is 31.9 Å². The number of aromatic amines is 1. The van der Waals surface area contributed by atoms with Crippen molar-refractivity contribution in [3.05, 3.63) is 39.9 Å². The van der Waals surface area contributed by atoms with Crippen molar-refractivity contribution in [3.63, 3.8) is 0 Å². The third-order valence-electron chi connectivity index (χ3n) is 4.64. The minimum absolute atomic E-state index is 0.280. The SMILES string of the molecule is CCOC(=O)c1cc(-c2ccc(Cl)c(Cl)c2)[nH]c1N1CCN(C(=O)OCC)CC1. The van der Waals surface area contributed by atoms with E-state index in [4.69, 9.17) is 32.7 Å². The van der Waals surface area contributed by atoms with E-state index in [0.29, 0.717) is 54.2 Å². The minimum Gasteiger partial charge on any atom is -0.462 e. The minimum atomic E-state index is -0.405. The number of nitrogens with zero attached hydrogens (tertiary/aromatic N) is 2. The molecule has 1 aromatic carbocycles. The number of hydrogen-bond acceptors (Lipinski definition) is 5. The molecule has 1 N–H and O–H groups in total. The Bertz CT molecular complexity index is 892. The average molecular weight is 440 g/mol. The number of hydrogen-bond donors (Lipinski definition) is 1. The first-order chi connectivity index (χ1) is 13.9. The molecular formula is C20H23Cl2N3O4. The molecule has 0 atom stereocenters. The smallest absolute Gasteiger partial charge is 0.409 e. The molecular weight excluding hydrogens is 417 g/mol. The van der Waals surface area contributed by atoms with Crippen molar-refractivity contribution in [1.29, 1.82) is 0 Å². The number of carbonyl (C=O) groups excluding carboxylic acids is 2. The summed E-state index contributed by atoms with van der Waals surface area (Å²) >= 11 is 12.2. The predicted octanol–water partition coefficient (Wildman–Crippen LogP) is 4.44. The molecule has 1 aliphatic rings. The standard InChI is InChI=1S/C20H23Cl2N3O4/c1-3-28-19(26)14-12-17(13-5-6-15(21)16(22)11-13)23-18(14)24-7-9-25(10-8-24)20(27)29-4-2/h5-6,11-12,23H,3-4,7-10H2,1-2H3. The number of rotatable bonds is 5. The van der Waals surface area contributed by atoms with E-state index >= 15 is 0 Å². The molecule has 1 amide bonds. The number of amides is 1. The predicted molar refractivity (Wildman–Crippen MR) is 113 cm³/mol. The van der Waals surface area contributed by atoms with Gasteiger partial charge >= 0.3 is 12.1 Å². The number of piperazine rings is 1. The summed E-state index contributed by atoms with van der Waals surface area (Å²) in [6.07, 6.45) is -0.319. The summed E-state index contributed by atoms with van der Waals surface area (Å²) in [5.41, 5.74) is 1.98. The van der Waals surface area contributed by atoms with Gasteiger partial charge in [0.1, 0.15) is 11.4 Å². The second-order valence-electron chi connectivity index (χ2n) is 6.47. The average Bonchev–Trinajstić information content (AvgIpc) is 3.16. The Kier molecular flexibility index (Phi) is 6.92. The number of halogens is 2. The van der Waals surface area contributed by atoms with Crippen LogP contribution in [0.2, 0.25) is 10.0 Å². The van der Waals surface area contributed by atoms with Crippen LogP contribution in [0.15, 0.2) is 24.3 Å². The van der Waals surface area contributed by atoms with Gasteiger partial charge in [0.05, 0.1) is 23.3 Å². The van der Waals surface area contributed by atoms with Crippen molar-refractivity contribution < 1.29 is 19.1 Å². The lowest BCUT2D eigenvalue weighted by Gasteiger charge is -2.35. The molecule has 0 unspecified atom stereocenters. The molecule has 0 saturated carbocycles. The van der Waals surface area contributed by atoms with Crippen LogP contribution in [0.3, 0.4) is 0 Å². The normalized spacial score (nSPS) is 14.1. The fraction of sp³-hybridized carbons (Fsp3) is 0.400. The number of H-pyrrole nitrogens is 1. The summed E-state index contributed by atoms with van der Waals surface area (Å²) in [4.78, 5) is 31.5. The highest BCUT2D eigenvalue weighted by Gasteiger charge is 2.27. The summed E-state index contributed by atoms with van der Waals surface area (Å²) in [6, 6.07) is 7.04. The van der Waals surface area contributed by atoms with Crippen LogP contribution in [0, 0.1) is 0 Å². The molecule has 3 rings (SSSR count). The highest BCUT2D eigenvalue weighted by atomic mass is 35.5. The summed E-state index contributed by atoms with van der Waals surface area (Å²) < 4.78 is 10.3. The first-order valence-electron chi connectivity index (χ1n) is 9.46. The van der Waals surface area contributed by atoms with E-state index in [9.17, 15) is 9.59 Å². The molecule has 1 aromatic heterocycles.